The van der Waals surface area contributed by atoms with E-state index in [1.54, 1.807) is 0 Å². The first kappa shape index (κ1) is 7.48. The largest absolute Gasteiger partial charge is 0.269 e. The van der Waals surface area contributed by atoms with E-state index in [1.807, 2.05) is 12.1 Å². The van der Waals surface area contributed by atoms with Crippen LogP contribution in [-0.2, 0) is 0 Å². The Balaban J connectivity index is 2.87. The zero-order chi connectivity index (χ0) is 7.84. The van der Waals surface area contributed by atoms with Gasteiger partial charge in [-0.3, -0.25) is 5.10 Å². The van der Waals surface area contributed by atoms with Gasteiger partial charge in [0.05, 0.1) is 0 Å². The molecule has 0 fully saturated rings. The summed E-state index contributed by atoms with van der Waals surface area (Å²) in [5.41, 5.74) is 1.82. The number of hydrogen-bond donors (Lipinski definition) is 1. The van der Waals surface area contributed by atoms with E-state index >= 15 is 0 Å². The molecule has 0 spiro atoms. The van der Waals surface area contributed by atoms with Crippen molar-refractivity contribution in [2.45, 2.75) is 0 Å². The highest BCUT2D eigenvalue weighted by Gasteiger charge is 2.02. The molecule has 0 aliphatic rings. The van der Waals surface area contributed by atoms with Crippen molar-refractivity contribution in [3.63, 3.8) is 0 Å². The van der Waals surface area contributed by atoms with Gasteiger partial charge >= 0.3 is 0 Å². The van der Waals surface area contributed by atoms with E-state index in [-0.39, 0.29) is 0 Å². The maximum absolute atomic E-state index is 4.25. The molecule has 2 heterocycles. The molecule has 5 heteroatoms. The SMILES string of the molecule is Brc1ccc2n[nH]c(I)c2n1. The molecule has 11 heavy (non-hydrogen) atoms. The molecule has 2 aromatic heterocycles. The van der Waals surface area contributed by atoms with Gasteiger partial charge in [0, 0.05) is 0 Å². The monoisotopic (exact) mass is 323 g/mol. The molecule has 3 nitrogen and oxygen atoms in total. The number of hydrogen-bond acceptors (Lipinski definition) is 2. The first-order chi connectivity index (χ1) is 5.27. The number of fused-ring (bicyclic) bond motifs is 1. The molecule has 0 bridgehead atoms. The number of aromatic amines is 1. The average molecular weight is 324 g/mol. The van der Waals surface area contributed by atoms with E-state index in [9.17, 15) is 0 Å². The van der Waals surface area contributed by atoms with Crippen molar-refractivity contribution in [2.75, 3.05) is 0 Å². The zero-order valence-electron chi connectivity index (χ0n) is 5.31. The van der Waals surface area contributed by atoms with Gasteiger partial charge in [-0.15, -0.1) is 0 Å². The first-order valence-electron chi connectivity index (χ1n) is 2.93. The van der Waals surface area contributed by atoms with Crippen molar-refractivity contribution in [1.82, 2.24) is 15.2 Å². The summed E-state index contributed by atoms with van der Waals surface area (Å²) < 4.78 is 1.81. The van der Waals surface area contributed by atoms with E-state index in [2.05, 4.69) is 53.7 Å². The highest BCUT2D eigenvalue weighted by atomic mass is 127. The molecule has 2 rings (SSSR count). The van der Waals surface area contributed by atoms with E-state index in [1.165, 1.54) is 0 Å². The molecule has 1 N–H and O–H groups in total. The van der Waals surface area contributed by atoms with Crippen molar-refractivity contribution >= 4 is 49.6 Å². The Morgan fingerprint density at radius 3 is 3.09 bits per heavy atom. The summed E-state index contributed by atoms with van der Waals surface area (Å²) in [5.74, 6) is 0. The van der Waals surface area contributed by atoms with Crippen LogP contribution in [0.15, 0.2) is 16.7 Å². The Morgan fingerprint density at radius 1 is 1.45 bits per heavy atom. The lowest BCUT2D eigenvalue weighted by atomic mass is 10.4. The third-order valence-electron chi connectivity index (χ3n) is 1.32. The van der Waals surface area contributed by atoms with Gasteiger partial charge in [-0.25, -0.2) is 4.98 Å². The van der Waals surface area contributed by atoms with Crippen molar-refractivity contribution in [2.24, 2.45) is 0 Å². The normalized spacial score (nSPS) is 10.7. The lowest BCUT2D eigenvalue weighted by molar-refractivity contribution is 1.09. The smallest absolute Gasteiger partial charge is 0.123 e. The summed E-state index contributed by atoms with van der Waals surface area (Å²) in [5, 5.41) is 6.90. The molecule has 0 aromatic carbocycles. The van der Waals surface area contributed by atoms with Crippen LogP contribution >= 0.6 is 38.5 Å². The number of aromatic nitrogens is 3. The van der Waals surface area contributed by atoms with Gasteiger partial charge in [0.15, 0.2) is 0 Å². The Bertz CT molecular complexity index is 398. The molecule has 0 amide bonds. The van der Waals surface area contributed by atoms with Crippen LogP contribution in [0.3, 0.4) is 0 Å². The number of halogens is 2. The molecule has 0 saturated carbocycles. The fourth-order valence-electron chi connectivity index (χ4n) is 0.842. The number of pyridine rings is 1. The lowest BCUT2D eigenvalue weighted by Crippen LogP contribution is -1.76. The molecule has 2 aromatic rings. The maximum Gasteiger partial charge on any atom is 0.123 e. The van der Waals surface area contributed by atoms with Gasteiger partial charge in [-0.1, -0.05) is 0 Å². The predicted octanol–water partition coefficient (Wildman–Crippen LogP) is 2.32. The molecule has 0 saturated heterocycles. The van der Waals surface area contributed by atoms with E-state index in [4.69, 9.17) is 0 Å². The van der Waals surface area contributed by atoms with E-state index in [0.717, 1.165) is 19.3 Å². The fraction of sp³-hybridized carbons (Fsp3) is 0. The fourth-order valence-corrected chi connectivity index (χ4v) is 1.67. The summed E-state index contributed by atoms with van der Waals surface area (Å²) in [4.78, 5) is 4.25. The van der Waals surface area contributed by atoms with Gasteiger partial charge in [-0.05, 0) is 50.7 Å². The summed E-state index contributed by atoms with van der Waals surface area (Å²) in [7, 11) is 0. The van der Waals surface area contributed by atoms with Crippen LogP contribution in [-0.4, -0.2) is 15.2 Å². The minimum atomic E-state index is 0.837. The van der Waals surface area contributed by atoms with Gasteiger partial charge in [0.2, 0.25) is 0 Å². The second-order valence-corrected chi connectivity index (χ2v) is 3.93. The van der Waals surface area contributed by atoms with Crippen molar-refractivity contribution in [3.8, 4) is 0 Å². The molecule has 0 unspecified atom stereocenters. The van der Waals surface area contributed by atoms with Gasteiger partial charge in [-0.2, -0.15) is 5.10 Å². The molecule has 56 valence electrons. The number of nitrogens with zero attached hydrogens (tertiary/aromatic N) is 2. The van der Waals surface area contributed by atoms with Gasteiger partial charge < -0.3 is 0 Å². The molecule has 0 aliphatic heterocycles. The minimum absolute atomic E-state index is 0.837. The lowest BCUT2D eigenvalue weighted by Gasteiger charge is -1.88. The molecule has 0 atom stereocenters. The third kappa shape index (κ3) is 1.26. The minimum Gasteiger partial charge on any atom is -0.269 e. The van der Waals surface area contributed by atoms with Crippen LogP contribution in [0.2, 0.25) is 0 Å². The Kier molecular flexibility index (Phi) is 1.84. The predicted molar refractivity (Wildman–Crippen MR) is 54.3 cm³/mol. The Hall–Kier alpha value is -0.170. The summed E-state index contributed by atoms with van der Waals surface area (Å²) in [6.07, 6.45) is 0. The topological polar surface area (TPSA) is 41.6 Å². The van der Waals surface area contributed by atoms with Crippen molar-refractivity contribution in [3.05, 3.63) is 20.4 Å². The number of rotatable bonds is 0. The molecule has 0 aliphatic carbocycles. The third-order valence-corrected chi connectivity index (χ3v) is 2.52. The van der Waals surface area contributed by atoms with Crippen LogP contribution in [0.4, 0.5) is 0 Å². The number of nitrogens with one attached hydrogen (secondary N) is 1. The number of H-pyrrole nitrogens is 1. The summed E-state index contributed by atoms with van der Waals surface area (Å²) in [6.45, 7) is 0. The second kappa shape index (κ2) is 2.71. The van der Waals surface area contributed by atoms with Crippen LogP contribution in [0.5, 0.6) is 0 Å². The van der Waals surface area contributed by atoms with Crippen LogP contribution < -0.4 is 0 Å². The standard InChI is InChI=1S/C6H3BrIN3/c7-4-2-1-3-5(9-4)6(8)11-10-3/h1-2H,(H,10,11). The summed E-state index contributed by atoms with van der Waals surface area (Å²) in [6, 6.07) is 3.80. The van der Waals surface area contributed by atoms with Crippen molar-refractivity contribution in [1.29, 1.82) is 0 Å². The summed E-state index contributed by atoms with van der Waals surface area (Å²) >= 11 is 5.46. The highest BCUT2D eigenvalue weighted by Crippen LogP contribution is 2.17. The highest BCUT2D eigenvalue weighted by molar-refractivity contribution is 14.1. The van der Waals surface area contributed by atoms with E-state index in [0.29, 0.717) is 0 Å². The van der Waals surface area contributed by atoms with Crippen LogP contribution in [0, 0.1) is 3.70 Å². The second-order valence-electron chi connectivity index (χ2n) is 2.04. The molecule has 0 radical (unpaired) electrons. The van der Waals surface area contributed by atoms with Crippen molar-refractivity contribution < 1.29 is 0 Å². The first-order valence-corrected chi connectivity index (χ1v) is 4.80. The van der Waals surface area contributed by atoms with Crippen LogP contribution in [0.25, 0.3) is 11.0 Å². The Morgan fingerprint density at radius 2 is 2.27 bits per heavy atom. The zero-order valence-corrected chi connectivity index (χ0v) is 9.05. The maximum atomic E-state index is 4.25. The van der Waals surface area contributed by atoms with Gasteiger partial charge in [0.25, 0.3) is 0 Å². The van der Waals surface area contributed by atoms with Crippen LogP contribution in [0.1, 0.15) is 0 Å². The van der Waals surface area contributed by atoms with Gasteiger partial charge in [0.1, 0.15) is 19.3 Å². The molecular weight excluding hydrogens is 321 g/mol. The average Bonchev–Trinajstić information content (AvgIpc) is 2.33. The Labute approximate surface area is 84.9 Å². The quantitative estimate of drug-likeness (QED) is 0.597. The molecular formula is C6H3BrIN3. The van der Waals surface area contributed by atoms with E-state index < -0.39 is 0 Å².